The predicted octanol–water partition coefficient (Wildman–Crippen LogP) is 6.29. The van der Waals surface area contributed by atoms with E-state index in [4.69, 9.17) is 5.11 Å². The van der Waals surface area contributed by atoms with E-state index in [-0.39, 0.29) is 22.2 Å². The molecule has 0 bridgehead atoms. The molecule has 2 N–H and O–H groups in total. The Kier molecular flexibility index (Phi) is 6.57. The van der Waals surface area contributed by atoms with Crippen molar-refractivity contribution in [1.82, 2.24) is 15.2 Å². The first-order chi connectivity index (χ1) is 18.0. The second-order valence-electron chi connectivity index (χ2n) is 11.5. The van der Waals surface area contributed by atoms with Crippen molar-refractivity contribution < 1.29 is 23.1 Å². The van der Waals surface area contributed by atoms with Crippen LogP contribution in [0.3, 0.4) is 0 Å². The normalized spacial score (nSPS) is 21.4. The van der Waals surface area contributed by atoms with E-state index < -0.39 is 23.4 Å². The average molecular weight is 525 g/mol. The third kappa shape index (κ3) is 4.93. The standard InChI is InChI=1S/C29H31F3N4O2/c1-28(2,3)36-16-20(26(34-36)21-8-9-22(30)25(32)24(21)31)14-17-10-12-29(13-11-17)15-23(33-35-29)18-4-6-19(7-5-18)27(37)38/h4-9,16-17,35H,10-15H2,1-3H3,(H,37,38). The number of nitrogens with zero attached hydrogens (tertiary/aromatic N) is 3. The van der Waals surface area contributed by atoms with Gasteiger partial charge < -0.3 is 10.5 Å². The van der Waals surface area contributed by atoms with Crippen LogP contribution in [0.1, 0.15) is 74.4 Å². The van der Waals surface area contributed by atoms with Gasteiger partial charge in [-0.3, -0.25) is 4.68 Å². The zero-order valence-corrected chi connectivity index (χ0v) is 21.7. The Hall–Kier alpha value is -3.62. The number of hydrogen-bond donors (Lipinski definition) is 2. The highest BCUT2D eigenvalue weighted by molar-refractivity contribution is 6.02. The summed E-state index contributed by atoms with van der Waals surface area (Å²) in [5.74, 6) is -4.56. The zero-order valence-electron chi connectivity index (χ0n) is 21.7. The van der Waals surface area contributed by atoms with Crippen molar-refractivity contribution in [1.29, 1.82) is 0 Å². The van der Waals surface area contributed by atoms with Gasteiger partial charge in [0.1, 0.15) is 0 Å². The summed E-state index contributed by atoms with van der Waals surface area (Å²) in [5, 5.41) is 18.3. The van der Waals surface area contributed by atoms with Gasteiger partial charge >= 0.3 is 5.97 Å². The molecule has 38 heavy (non-hydrogen) atoms. The van der Waals surface area contributed by atoms with Crippen LogP contribution in [0.15, 0.2) is 47.7 Å². The van der Waals surface area contributed by atoms with E-state index in [0.717, 1.165) is 55.0 Å². The molecule has 2 aromatic carbocycles. The molecule has 1 aliphatic heterocycles. The Balaban J connectivity index is 1.30. The largest absolute Gasteiger partial charge is 0.478 e. The molecule has 5 rings (SSSR count). The van der Waals surface area contributed by atoms with Crippen LogP contribution in [0.2, 0.25) is 0 Å². The minimum atomic E-state index is -1.49. The van der Waals surface area contributed by atoms with Gasteiger partial charge in [-0.2, -0.15) is 10.2 Å². The second-order valence-corrected chi connectivity index (χ2v) is 11.5. The van der Waals surface area contributed by atoms with Crippen molar-refractivity contribution in [2.75, 3.05) is 0 Å². The minimum absolute atomic E-state index is 0.0291. The summed E-state index contributed by atoms with van der Waals surface area (Å²) in [4.78, 5) is 11.1. The Morgan fingerprint density at radius 1 is 1.08 bits per heavy atom. The maximum Gasteiger partial charge on any atom is 0.335 e. The van der Waals surface area contributed by atoms with Crippen molar-refractivity contribution in [3.63, 3.8) is 0 Å². The highest BCUT2D eigenvalue weighted by atomic mass is 19.2. The Morgan fingerprint density at radius 3 is 2.39 bits per heavy atom. The molecule has 1 saturated carbocycles. The van der Waals surface area contributed by atoms with Crippen LogP contribution >= 0.6 is 0 Å². The van der Waals surface area contributed by atoms with Gasteiger partial charge in [-0.25, -0.2) is 18.0 Å². The SMILES string of the molecule is CC(C)(C)n1cc(CC2CCC3(CC2)CC(c2ccc(C(=O)O)cc2)=NN3)c(-c2ccc(F)c(F)c2F)n1. The lowest BCUT2D eigenvalue weighted by atomic mass is 9.73. The highest BCUT2D eigenvalue weighted by Gasteiger charge is 2.40. The summed E-state index contributed by atoms with van der Waals surface area (Å²) in [6.45, 7) is 5.95. The molecular formula is C29H31F3N4O2. The van der Waals surface area contributed by atoms with Crippen molar-refractivity contribution in [3.05, 3.63) is 76.7 Å². The van der Waals surface area contributed by atoms with Crippen LogP contribution < -0.4 is 5.43 Å². The molecule has 9 heteroatoms. The lowest BCUT2D eigenvalue weighted by molar-refractivity contribution is 0.0697. The van der Waals surface area contributed by atoms with Gasteiger partial charge in [0, 0.05) is 18.2 Å². The van der Waals surface area contributed by atoms with E-state index in [1.807, 2.05) is 27.0 Å². The Labute approximate surface area is 219 Å². The number of carboxylic acids is 1. The number of rotatable bonds is 5. The van der Waals surface area contributed by atoms with E-state index in [2.05, 4.69) is 15.6 Å². The lowest BCUT2D eigenvalue weighted by Crippen LogP contribution is -2.43. The average Bonchev–Trinajstić information content (AvgIpc) is 3.49. The Morgan fingerprint density at radius 2 is 1.76 bits per heavy atom. The number of aromatic carboxylic acids is 1. The first-order valence-electron chi connectivity index (χ1n) is 12.9. The van der Waals surface area contributed by atoms with Crippen LogP contribution in [0.5, 0.6) is 0 Å². The fraction of sp³-hybridized carbons (Fsp3) is 0.414. The molecule has 200 valence electrons. The molecule has 0 unspecified atom stereocenters. The van der Waals surface area contributed by atoms with Crippen molar-refractivity contribution in [3.8, 4) is 11.3 Å². The molecule has 2 heterocycles. The molecule has 1 aliphatic carbocycles. The topological polar surface area (TPSA) is 79.5 Å². The first-order valence-corrected chi connectivity index (χ1v) is 12.9. The Bertz CT molecular complexity index is 1400. The van der Waals surface area contributed by atoms with Gasteiger partial charge in [-0.05, 0) is 94.2 Å². The third-order valence-electron chi connectivity index (χ3n) is 7.74. The number of carboxylic acid groups (broad SMARTS) is 1. The maximum absolute atomic E-state index is 14.7. The van der Waals surface area contributed by atoms with Crippen LogP contribution in [0.4, 0.5) is 13.2 Å². The summed E-state index contributed by atoms with van der Waals surface area (Å²) in [6.07, 6.45) is 6.97. The maximum atomic E-state index is 14.7. The number of halogens is 3. The van der Waals surface area contributed by atoms with E-state index >= 15 is 0 Å². The van der Waals surface area contributed by atoms with Crippen LogP contribution in [-0.2, 0) is 12.0 Å². The smallest absolute Gasteiger partial charge is 0.335 e. The summed E-state index contributed by atoms with van der Waals surface area (Å²) >= 11 is 0. The number of nitrogens with one attached hydrogen (secondary N) is 1. The number of hydrazone groups is 1. The molecule has 1 spiro atoms. The van der Waals surface area contributed by atoms with Gasteiger partial charge in [0.15, 0.2) is 17.5 Å². The number of benzene rings is 2. The molecule has 2 aliphatic rings. The van der Waals surface area contributed by atoms with E-state index in [1.54, 1.807) is 28.9 Å². The van der Waals surface area contributed by atoms with Crippen molar-refractivity contribution >= 4 is 11.7 Å². The summed E-state index contributed by atoms with van der Waals surface area (Å²) in [7, 11) is 0. The number of aromatic nitrogens is 2. The molecule has 1 fully saturated rings. The fourth-order valence-corrected chi connectivity index (χ4v) is 5.43. The monoisotopic (exact) mass is 524 g/mol. The first kappa shape index (κ1) is 26.0. The van der Waals surface area contributed by atoms with Gasteiger partial charge in [0.2, 0.25) is 0 Å². The fourth-order valence-electron chi connectivity index (χ4n) is 5.43. The lowest BCUT2D eigenvalue weighted by Gasteiger charge is -2.37. The molecular weight excluding hydrogens is 493 g/mol. The van der Waals surface area contributed by atoms with Crippen LogP contribution in [0, 0.1) is 23.4 Å². The van der Waals surface area contributed by atoms with Crippen LogP contribution in [0.25, 0.3) is 11.3 Å². The molecule has 3 aromatic rings. The van der Waals surface area contributed by atoms with Gasteiger partial charge in [0.25, 0.3) is 0 Å². The molecule has 0 saturated heterocycles. The quantitative estimate of drug-likeness (QED) is 0.385. The van der Waals surface area contributed by atoms with Gasteiger partial charge in [0.05, 0.1) is 28.0 Å². The number of carbonyl (C=O) groups is 1. The molecule has 0 radical (unpaired) electrons. The molecule has 0 atom stereocenters. The van der Waals surface area contributed by atoms with E-state index in [9.17, 15) is 18.0 Å². The highest BCUT2D eigenvalue weighted by Crippen LogP contribution is 2.40. The summed E-state index contributed by atoms with van der Waals surface area (Å²) < 4.78 is 44.1. The summed E-state index contributed by atoms with van der Waals surface area (Å²) in [5.41, 5.74) is 6.07. The van der Waals surface area contributed by atoms with Crippen LogP contribution in [-0.4, -0.2) is 32.1 Å². The second kappa shape index (κ2) is 9.60. The summed E-state index contributed by atoms with van der Waals surface area (Å²) in [6, 6.07) is 8.96. The molecule has 1 aromatic heterocycles. The van der Waals surface area contributed by atoms with E-state index in [0.29, 0.717) is 18.0 Å². The predicted molar refractivity (Wildman–Crippen MR) is 139 cm³/mol. The third-order valence-corrected chi connectivity index (χ3v) is 7.74. The van der Waals surface area contributed by atoms with Gasteiger partial charge in [-0.15, -0.1) is 0 Å². The van der Waals surface area contributed by atoms with Gasteiger partial charge in [-0.1, -0.05) is 12.1 Å². The molecule has 6 nitrogen and oxygen atoms in total. The molecule has 0 amide bonds. The zero-order chi connectivity index (χ0) is 27.2. The number of hydrogen-bond acceptors (Lipinski definition) is 4. The minimum Gasteiger partial charge on any atom is -0.478 e. The van der Waals surface area contributed by atoms with E-state index in [1.165, 1.54) is 6.07 Å². The van der Waals surface area contributed by atoms with Crippen molar-refractivity contribution in [2.45, 2.75) is 70.4 Å². The van der Waals surface area contributed by atoms with Crippen molar-refractivity contribution in [2.24, 2.45) is 11.0 Å².